The van der Waals surface area contributed by atoms with Crippen molar-refractivity contribution in [3.05, 3.63) is 71.5 Å². The van der Waals surface area contributed by atoms with Gasteiger partial charge in [-0.2, -0.15) is 0 Å². The van der Waals surface area contributed by atoms with E-state index in [1.165, 1.54) is 38.5 Å². The summed E-state index contributed by atoms with van der Waals surface area (Å²) in [5, 5.41) is 0. The molecule has 4 aliphatic rings. The molecule has 0 nitrogen and oxygen atoms in total. The third-order valence-electron chi connectivity index (χ3n) is 4.42. The monoisotopic (exact) mass is 424 g/mol. The van der Waals surface area contributed by atoms with Crippen molar-refractivity contribution >= 4 is 23.2 Å². The van der Waals surface area contributed by atoms with Gasteiger partial charge in [0, 0.05) is 0 Å². The summed E-state index contributed by atoms with van der Waals surface area (Å²) < 4.78 is 0.111. The van der Waals surface area contributed by atoms with E-state index in [4.69, 9.17) is 23.2 Å². The van der Waals surface area contributed by atoms with E-state index in [1.807, 2.05) is 0 Å². The zero-order chi connectivity index (χ0) is 15.8. The summed E-state index contributed by atoms with van der Waals surface area (Å²) in [6, 6.07) is 0. The Morgan fingerprint density at radius 2 is 1.30 bits per heavy atom. The standard InChI is InChI=1S/2C9H11.C2H2Cl2.Zr/c2*1-2-5-9-7-3-6-8(9)4-1;1-2(3)4;/h2*1-2,4,6,9H,3,5,7H2;1H2;/q2*-1;;+2. The molecule has 23 heavy (non-hydrogen) atoms. The Hall–Kier alpha value is -0.0969. The molecule has 4 aliphatic carbocycles. The molecule has 0 spiro atoms. The van der Waals surface area contributed by atoms with Crippen LogP contribution in [0.15, 0.2) is 58.7 Å². The van der Waals surface area contributed by atoms with Crippen LogP contribution in [0, 0.1) is 24.7 Å². The largest absolute Gasteiger partial charge is 2.00 e. The molecule has 2 saturated carbocycles. The summed E-state index contributed by atoms with van der Waals surface area (Å²) in [5.74, 6) is 1.77. The molecule has 0 heterocycles. The van der Waals surface area contributed by atoms with E-state index in [9.17, 15) is 0 Å². The molecule has 0 bridgehead atoms. The van der Waals surface area contributed by atoms with Gasteiger partial charge in [0.1, 0.15) is 0 Å². The van der Waals surface area contributed by atoms with Crippen LogP contribution in [0.4, 0.5) is 0 Å². The Morgan fingerprint density at radius 3 is 1.65 bits per heavy atom. The van der Waals surface area contributed by atoms with Gasteiger partial charge >= 0.3 is 26.2 Å². The maximum absolute atomic E-state index is 4.85. The van der Waals surface area contributed by atoms with Gasteiger partial charge in [-0.3, -0.25) is 0 Å². The van der Waals surface area contributed by atoms with E-state index in [0.29, 0.717) is 0 Å². The average molecular weight is 427 g/mol. The molecule has 122 valence electrons. The van der Waals surface area contributed by atoms with Gasteiger partial charge in [-0.15, -0.1) is 37.1 Å². The smallest absolute Gasteiger partial charge is 0.227 e. The molecule has 2 atom stereocenters. The van der Waals surface area contributed by atoms with Crippen LogP contribution in [0.3, 0.4) is 0 Å². The maximum Gasteiger partial charge on any atom is 2.00 e. The first-order chi connectivity index (χ1) is 10.7. The summed E-state index contributed by atoms with van der Waals surface area (Å²) in [7, 11) is 0. The Labute approximate surface area is 170 Å². The molecule has 0 radical (unpaired) electrons. The molecule has 3 heteroatoms. The van der Waals surface area contributed by atoms with Gasteiger partial charge in [-0.05, 0) is 24.7 Å². The van der Waals surface area contributed by atoms with Crippen LogP contribution in [0.5, 0.6) is 0 Å². The Bertz CT molecular complexity index is 456. The topological polar surface area (TPSA) is 0 Å². The minimum atomic E-state index is 0. The van der Waals surface area contributed by atoms with Crippen LogP contribution in [-0.4, -0.2) is 0 Å². The van der Waals surface area contributed by atoms with Crippen molar-refractivity contribution in [2.45, 2.75) is 38.5 Å². The molecule has 0 aromatic carbocycles. The number of halogens is 2. The summed E-state index contributed by atoms with van der Waals surface area (Å²) in [4.78, 5) is 0. The van der Waals surface area contributed by atoms with E-state index < -0.39 is 0 Å². The van der Waals surface area contributed by atoms with Gasteiger partial charge in [-0.1, -0.05) is 42.6 Å². The van der Waals surface area contributed by atoms with Gasteiger partial charge in [0.25, 0.3) is 0 Å². The van der Waals surface area contributed by atoms with Crippen LogP contribution in [-0.2, 0) is 26.2 Å². The average Bonchev–Trinajstić information content (AvgIpc) is 3.16. The quantitative estimate of drug-likeness (QED) is 0.369. The predicted octanol–water partition coefficient (Wildman–Crippen LogP) is 6.91. The molecular weight excluding hydrogens is 402 g/mol. The second-order valence-corrected chi connectivity index (χ2v) is 7.06. The van der Waals surface area contributed by atoms with Crippen molar-refractivity contribution in [3.8, 4) is 0 Å². The fourth-order valence-corrected chi connectivity index (χ4v) is 3.33. The summed E-state index contributed by atoms with van der Waals surface area (Å²) in [6.07, 6.45) is 26.1. The molecule has 4 rings (SSSR count). The molecule has 0 aliphatic heterocycles. The van der Waals surface area contributed by atoms with Crippen LogP contribution >= 0.6 is 23.2 Å². The van der Waals surface area contributed by atoms with Gasteiger partial charge in [0.15, 0.2) is 0 Å². The first-order valence-corrected chi connectivity index (χ1v) is 8.82. The minimum Gasteiger partial charge on any atom is -0.227 e. The van der Waals surface area contributed by atoms with Crippen molar-refractivity contribution in [2.75, 3.05) is 0 Å². The molecule has 0 aromatic rings. The molecule has 2 unspecified atom stereocenters. The molecule has 0 aromatic heterocycles. The Balaban J connectivity index is 0.000000182. The van der Waals surface area contributed by atoms with Crippen molar-refractivity contribution in [3.63, 3.8) is 0 Å². The van der Waals surface area contributed by atoms with Crippen molar-refractivity contribution in [1.82, 2.24) is 0 Å². The zero-order valence-corrected chi connectivity index (χ0v) is 17.4. The molecule has 0 saturated heterocycles. The third-order valence-corrected chi connectivity index (χ3v) is 4.42. The van der Waals surface area contributed by atoms with E-state index in [0.717, 1.165) is 11.8 Å². The number of allylic oxidation sites excluding steroid dienone is 8. The second kappa shape index (κ2) is 11.5. The van der Waals surface area contributed by atoms with Crippen LogP contribution in [0.25, 0.3) is 0 Å². The van der Waals surface area contributed by atoms with Gasteiger partial charge in [0.05, 0.1) is 4.49 Å². The fraction of sp³-hybridized carbons (Fsp3) is 0.400. The van der Waals surface area contributed by atoms with E-state index >= 15 is 0 Å². The van der Waals surface area contributed by atoms with Crippen molar-refractivity contribution in [2.24, 2.45) is 11.8 Å². The van der Waals surface area contributed by atoms with Crippen molar-refractivity contribution in [1.29, 1.82) is 0 Å². The van der Waals surface area contributed by atoms with Crippen molar-refractivity contribution < 1.29 is 26.2 Å². The molecular formula is C20H24Cl2Zr. The molecule has 0 N–H and O–H groups in total. The van der Waals surface area contributed by atoms with E-state index in [-0.39, 0.29) is 30.7 Å². The number of hydrogen-bond acceptors (Lipinski definition) is 0. The first kappa shape index (κ1) is 20.9. The molecule has 0 amide bonds. The van der Waals surface area contributed by atoms with Crippen LogP contribution in [0.2, 0.25) is 0 Å². The van der Waals surface area contributed by atoms with E-state index in [1.54, 1.807) is 11.1 Å². The van der Waals surface area contributed by atoms with Crippen LogP contribution in [0.1, 0.15) is 38.5 Å². The summed E-state index contributed by atoms with van der Waals surface area (Å²) in [6.45, 7) is 3.09. The van der Waals surface area contributed by atoms with Gasteiger partial charge < -0.3 is 0 Å². The third kappa shape index (κ3) is 7.55. The summed E-state index contributed by atoms with van der Waals surface area (Å²) >= 11 is 9.69. The maximum atomic E-state index is 4.85. The SMILES string of the molecule is C1=CCC2CC[CH-]C2=C1.C1=CCC2CC[CH-]C2=C1.C=C(Cl)Cl.[Zr+2]. The van der Waals surface area contributed by atoms with Crippen LogP contribution < -0.4 is 0 Å². The van der Waals surface area contributed by atoms with Gasteiger partial charge in [-0.25, -0.2) is 36.1 Å². The minimum absolute atomic E-state index is 0. The second-order valence-electron chi connectivity index (χ2n) is 5.96. The fourth-order valence-electron chi connectivity index (χ4n) is 3.33. The summed E-state index contributed by atoms with van der Waals surface area (Å²) in [5.41, 5.74) is 3.16. The number of fused-ring (bicyclic) bond motifs is 2. The first-order valence-electron chi connectivity index (χ1n) is 8.06. The zero-order valence-electron chi connectivity index (χ0n) is 13.5. The molecule has 2 fully saturated rings. The number of rotatable bonds is 0. The predicted molar refractivity (Wildman–Crippen MR) is 98.6 cm³/mol. The van der Waals surface area contributed by atoms with Gasteiger partial charge in [0.2, 0.25) is 0 Å². The van der Waals surface area contributed by atoms with E-state index in [2.05, 4.69) is 55.9 Å². The number of hydrogen-bond donors (Lipinski definition) is 0. The normalized spacial score (nSPS) is 25.5. The Morgan fingerprint density at radius 1 is 0.913 bits per heavy atom. The Kier molecular flexibility index (Phi) is 10.4.